The molecular formula is C19H19NO3. The maximum absolute atomic E-state index is 12.9. The Bertz CT molecular complexity index is 785. The van der Waals surface area contributed by atoms with Crippen molar-refractivity contribution in [1.29, 1.82) is 0 Å². The highest BCUT2D eigenvalue weighted by Gasteiger charge is 2.55. The third kappa shape index (κ3) is 2.38. The van der Waals surface area contributed by atoms with E-state index in [1.54, 1.807) is 0 Å². The Morgan fingerprint density at radius 2 is 1.96 bits per heavy atom. The first kappa shape index (κ1) is 14.2. The van der Waals surface area contributed by atoms with Crippen LogP contribution in [-0.4, -0.2) is 17.5 Å². The summed E-state index contributed by atoms with van der Waals surface area (Å²) in [6.45, 7) is 0. The maximum atomic E-state index is 12.9. The standard InChI is InChI=1S/C19H19NO3/c21-17-12-15-7-3-4-10-19(15,23-17)18(22)20-16-9-8-13-5-1-2-6-14(13)11-16/h1-2,5-6,8-9,11,15H,3-4,7,10,12H2,(H,20,22)/t15-,19+/m1/s1. The van der Waals surface area contributed by atoms with E-state index >= 15 is 0 Å². The van der Waals surface area contributed by atoms with Crippen LogP contribution < -0.4 is 5.32 Å². The summed E-state index contributed by atoms with van der Waals surface area (Å²) < 4.78 is 5.52. The highest BCUT2D eigenvalue weighted by atomic mass is 16.6. The molecular weight excluding hydrogens is 290 g/mol. The molecule has 4 nitrogen and oxygen atoms in total. The van der Waals surface area contributed by atoms with Crippen molar-refractivity contribution in [2.45, 2.75) is 37.7 Å². The lowest BCUT2D eigenvalue weighted by Crippen LogP contribution is -2.49. The molecule has 2 aromatic rings. The number of nitrogens with one attached hydrogen (secondary N) is 1. The fourth-order valence-electron chi connectivity index (χ4n) is 3.91. The Labute approximate surface area is 134 Å². The average Bonchev–Trinajstić information content (AvgIpc) is 2.92. The van der Waals surface area contributed by atoms with Crippen molar-refractivity contribution in [3.63, 3.8) is 0 Å². The molecule has 2 fully saturated rings. The van der Waals surface area contributed by atoms with Crippen molar-refractivity contribution in [1.82, 2.24) is 0 Å². The Morgan fingerprint density at radius 3 is 2.83 bits per heavy atom. The van der Waals surface area contributed by atoms with E-state index in [0.29, 0.717) is 12.8 Å². The smallest absolute Gasteiger partial charge is 0.307 e. The second-order valence-electron chi connectivity index (χ2n) is 6.53. The maximum Gasteiger partial charge on any atom is 0.307 e. The molecule has 1 saturated heterocycles. The number of ether oxygens (including phenoxy) is 1. The van der Waals surface area contributed by atoms with Crippen LogP contribution in [-0.2, 0) is 14.3 Å². The number of carbonyl (C=O) groups is 2. The number of hydrogen-bond acceptors (Lipinski definition) is 3. The number of fused-ring (bicyclic) bond motifs is 2. The number of hydrogen-bond donors (Lipinski definition) is 1. The first-order chi connectivity index (χ1) is 11.2. The largest absolute Gasteiger partial charge is 0.449 e. The number of rotatable bonds is 2. The van der Waals surface area contributed by atoms with Gasteiger partial charge in [0, 0.05) is 11.6 Å². The minimum Gasteiger partial charge on any atom is -0.449 e. The SMILES string of the molecule is O=C1C[C@H]2CCCC[C@]2(C(=O)Nc2ccc3ccccc3c2)O1. The third-order valence-corrected chi connectivity index (χ3v) is 5.11. The predicted octanol–water partition coefficient (Wildman–Crippen LogP) is 3.65. The van der Waals surface area contributed by atoms with Gasteiger partial charge in [-0.25, -0.2) is 0 Å². The molecule has 23 heavy (non-hydrogen) atoms. The van der Waals surface area contributed by atoms with Crippen LogP contribution in [0.2, 0.25) is 0 Å². The summed E-state index contributed by atoms with van der Waals surface area (Å²) in [5, 5.41) is 5.18. The van der Waals surface area contributed by atoms with Gasteiger partial charge in [0.2, 0.25) is 0 Å². The second kappa shape index (κ2) is 5.37. The molecule has 4 heteroatoms. The molecule has 4 rings (SSSR count). The Morgan fingerprint density at radius 1 is 1.13 bits per heavy atom. The number of benzene rings is 2. The van der Waals surface area contributed by atoms with Gasteiger partial charge in [0.1, 0.15) is 0 Å². The molecule has 1 amide bonds. The predicted molar refractivity (Wildman–Crippen MR) is 88.0 cm³/mol. The van der Waals surface area contributed by atoms with Crippen LogP contribution in [0.25, 0.3) is 10.8 Å². The van der Waals surface area contributed by atoms with Gasteiger partial charge in [0.25, 0.3) is 5.91 Å². The van der Waals surface area contributed by atoms with Gasteiger partial charge >= 0.3 is 5.97 Å². The van der Waals surface area contributed by atoms with Crippen LogP contribution in [0.4, 0.5) is 5.69 Å². The van der Waals surface area contributed by atoms with Crippen molar-refractivity contribution >= 4 is 28.3 Å². The Hall–Kier alpha value is -2.36. The summed E-state index contributed by atoms with van der Waals surface area (Å²) >= 11 is 0. The van der Waals surface area contributed by atoms with Gasteiger partial charge in [-0.05, 0) is 42.2 Å². The van der Waals surface area contributed by atoms with Gasteiger partial charge in [0.15, 0.2) is 5.60 Å². The first-order valence-corrected chi connectivity index (χ1v) is 8.19. The zero-order valence-corrected chi connectivity index (χ0v) is 12.9. The lowest BCUT2D eigenvalue weighted by atomic mass is 9.75. The second-order valence-corrected chi connectivity index (χ2v) is 6.53. The number of anilines is 1. The normalized spacial score (nSPS) is 26.6. The molecule has 2 aromatic carbocycles. The van der Waals surface area contributed by atoms with E-state index in [9.17, 15) is 9.59 Å². The van der Waals surface area contributed by atoms with Crippen LogP contribution in [0.1, 0.15) is 32.1 Å². The molecule has 1 aliphatic carbocycles. The van der Waals surface area contributed by atoms with E-state index in [-0.39, 0.29) is 17.8 Å². The van der Waals surface area contributed by atoms with E-state index in [2.05, 4.69) is 5.32 Å². The van der Waals surface area contributed by atoms with Crippen molar-refractivity contribution in [3.05, 3.63) is 42.5 Å². The molecule has 118 valence electrons. The molecule has 0 radical (unpaired) electrons. The molecule has 0 spiro atoms. The molecule has 0 unspecified atom stereocenters. The highest BCUT2D eigenvalue weighted by molar-refractivity contribution is 6.01. The molecule has 1 N–H and O–H groups in total. The van der Waals surface area contributed by atoms with Gasteiger partial charge in [-0.3, -0.25) is 9.59 Å². The van der Waals surface area contributed by atoms with Crippen LogP contribution in [0.3, 0.4) is 0 Å². The van der Waals surface area contributed by atoms with Crippen molar-refractivity contribution < 1.29 is 14.3 Å². The number of amides is 1. The monoisotopic (exact) mass is 309 g/mol. The van der Waals surface area contributed by atoms with Crippen LogP contribution in [0.5, 0.6) is 0 Å². The molecule has 1 saturated carbocycles. The lowest BCUT2D eigenvalue weighted by molar-refractivity contribution is -0.160. The van der Waals surface area contributed by atoms with Crippen LogP contribution in [0.15, 0.2) is 42.5 Å². The van der Waals surface area contributed by atoms with Crippen molar-refractivity contribution in [2.24, 2.45) is 5.92 Å². The van der Waals surface area contributed by atoms with Gasteiger partial charge in [-0.1, -0.05) is 36.8 Å². The average molecular weight is 309 g/mol. The Balaban J connectivity index is 1.61. The zero-order chi connectivity index (χ0) is 15.9. The fraction of sp³-hybridized carbons (Fsp3) is 0.368. The molecule has 0 aromatic heterocycles. The van der Waals surface area contributed by atoms with E-state index in [0.717, 1.165) is 35.7 Å². The fourth-order valence-corrected chi connectivity index (χ4v) is 3.91. The van der Waals surface area contributed by atoms with Gasteiger partial charge in [-0.2, -0.15) is 0 Å². The summed E-state index contributed by atoms with van der Waals surface area (Å²) in [4.78, 5) is 24.6. The zero-order valence-electron chi connectivity index (χ0n) is 12.9. The van der Waals surface area contributed by atoms with Gasteiger partial charge in [0.05, 0.1) is 6.42 Å². The quantitative estimate of drug-likeness (QED) is 0.861. The summed E-state index contributed by atoms with van der Waals surface area (Å²) in [6.07, 6.45) is 3.87. The summed E-state index contributed by atoms with van der Waals surface area (Å²) in [6, 6.07) is 13.9. The number of esters is 1. The van der Waals surface area contributed by atoms with E-state index in [1.165, 1.54) is 0 Å². The molecule has 0 bridgehead atoms. The van der Waals surface area contributed by atoms with Crippen LogP contribution in [0, 0.1) is 5.92 Å². The summed E-state index contributed by atoms with van der Waals surface area (Å²) in [7, 11) is 0. The van der Waals surface area contributed by atoms with Crippen molar-refractivity contribution in [3.8, 4) is 0 Å². The van der Waals surface area contributed by atoms with E-state index < -0.39 is 5.60 Å². The lowest BCUT2D eigenvalue weighted by Gasteiger charge is -2.35. The minimum atomic E-state index is -0.957. The minimum absolute atomic E-state index is 0.0178. The van der Waals surface area contributed by atoms with E-state index in [1.807, 2.05) is 42.5 Å². The third-order valence-electron chi connectivity index (χ3n) is 5.11. The van der Waals surface area contributed by atoms with Crippen LogP contribution >= 0.6 is 0 Å². The Kier molecular flexibility index (Phi) is 3.33. The van der Waals surface area contributed by atoms with Gasteiger partial charge in [-0.15, -0.1) is 0 Å². The molecule has 1 heterocycles. The molecule has 2 aliphatic rings. The topological polar surface area (TPSA) is 55.4 Å². The number of carbonyl (C=O) groups excluding carboxylic acids is 2. The summed E-state index contributed by atoms with van der Waals surface area (Å²) in [5.41, 5.74) is -0.212. The first-order valence-electron chi connectivity index (χ1n) is 8.19. The molecule has 2 atom stereocenters. The van der Waals surface area contributed by atoms with Crippen molar-refractivity contribution in [2.75, 3.05) is 5.32 Å². The molecule has 1 aliphatic heterocycles. The summed E-state index contributed by atoms with van der Waals surface area (Å²) in [5.74, 6) is -0.405. The highest BCUT2D eigenvalue weighted by Crippen LogP contribution is 2.44. The van der Waals surface area contributed by atoms with Gasteiger partial charge < -0.3 is 10.1 Å². The van der Waals surface area contributed by atoms with E-state index in [4.69, 9.17) is 4.74 Å².